The predicted molar refractivity (Wildman–Crippen MR) is 65.3 cm³/mol. The van der Waals surface area contributed by atoms with Crippen molar-refractivity contribution in [2.75, 3.05) is 13.1 Å². The Bertz CT molecular complexity index is 367. The average molecular weight is 217 g/mol. The van der Waals surface area contributed by atoms with Gasteiger partial charge in [-0.2, -0.15) is 0 Å². The van der Waals surface area contributed by atoms with Gasteiger partial charge in [0, 0.05) is 19.5 Å². The third-order valence-electron chi connectivity index (χ3n) is 3.17. The SMILES string of the molecule is Cc1cccc(CCC(=O)N2CCCC2)c1. The topological polar surface area (TPSA) is 20.3 Å². The van der Waals surface area contributed by atoms with Gasteiger partial charge in [-0.1, -0.05) is 29.8 Å². The molecule has 1 aromatic rings. The zero-order chi connectivity index (χ0) is 11.4. The number of hydrogen-bond acceptors (Lipinski definition) is 1. The van der Waals surface area contributed by atoms with E-state index in [2.05, 4.69) is 31.2 Å². The van der Waals surface area contributed by atoms with Gasteiger partial charge in [-0.25, -0.2) is 0 Å². The van der Waals surface area contributed by atoms with E-state index in [1.165, 1.54) is 24.0 Å². The van der Waals surface area contributed by atoms with Gasteiger partial charge in [-0.05, 0) is 31.7 Å². The molecule has 1 amide bonds. The molecule has 0 spiro atoms. The van der Waals surface area contributed by atoms with Crippen LogP contribution in [0.25, 0.3) is 0 Å². The largest absolute Gasteiger partial charge is 0.343 e. The van der Waals surface area contributed by atoms with Crippen molar-refractivity contribution < 1.29 is 4.79 Å². The molecule has 1 aliphatic heterocycles. The van der Waals surface area contributed by atoms with E-state index in [9.17, 15) is 4.79 Å². The van der Waals surface area contributed by atoms with Crippen molar-refractivity contribution in [1.82, 2.24) is 4.90 Å². The van der Waals surface area contributed by atoms with E-state index < -0.39 is 0 Å². The maximum atomic E-state index is 11.8. The maximum absolute atomic E-state index is 11.8. The zero-order valence-electron chi connectivity index (χ0n) is 9.91. The highest BCUT2D eigenvalue weighted by atomic mass is 16.2. The van der Waals surface area contributed by atoms with Gasteiger partial charge in [0.1, 0.15) is 0 Å². The van der Waals surface area contributed by atoms with Crippen LogP contribution in [0.4, 0.5) is 0 Å². The zero-order valence-corrected chi connectivity index (χ0v) is 9.91. The molecule has 86 valence electrons. The predicted octanol–water partition coefficient (Wildman–Crippen LogP) is 2.55. The van der Waals surface area contributed by atoms with E-state index in [0.717, 1.165) is 19.5 Å². The number of benzene rings is 1. The average Bonchev–Trinajstić information content (AvgIpc) is 2.79. The second-order valence-corrected chi connectivity index (χ2v) is 4.58. The number of carbonyl (C=O) groups is 1. The van der Waals surface area contributed by atoms with Crippen LogP contribution in [0.3, 0.4) is 0 Å². The fourth-order valence-electron chi connectivity index (χ4n) is 2.24. The molecule has 0 aliphatic carbocycles. The van der Waals surface area contributed by atoms with Gasteiger partial charge in [-0.15, -0.1) is 0 Å². The van der Waals surface area contributed by atoms with Gasteiger partial charge in [0.15, 0.2) is 0 Å². The number of carbonyl (C=O) groups excluding carboxylic acids is 1. The molecule has 0 unspecified atom stereocenters. The standard InChI is InChI=1S/C14H19NO/c1-12-5-4-6-13(11-12)7-8-14(16)15-9-2-3-10-15/h4-6,11H,2-3,7-10H2,1H3. The van der Waals surface area contributed by atoms with E-state index >= 15 is 0 Å². The van der Waals surface area contributed by atoms with Gasteiger partial charge in [0.25, 0.3) is 0 Å². The third kappa shape index (κ3) is 2.84. The molecule has 1 fully saturated rings. The summed E-state index contributed by atoms with van der Waals surface area (Å²) in [7, 11) is 0. The van der Waals surface area contributed by atoms with Crippen molar-refractivity contribution in [2.45, 2.75) is 32.6 Å². The summed E-state index contributed by atoms with van der Waals surface area (Å²) in [6.07, 6.45) is 3.88. The van der Waals surface area contributed by atoms with Crippen LogP contribution in [-0.4, -0.2) is 23.9 Å². The molecule has 0 atom stereocenters. The maximum Gasteiger partial charge on any atom is 0.222 e. The molecule has 0 aromatic heterocycles. The fourth-order valence-corrected chi connectivity index (χ4v) is 2.24. The fraction of sp³-hybridized carbons (Fsp3) is 0.500. The van der Waals surface area contributed by atoms with Crippen molar-refractivity contribution in [3.05, 3.63) is 35.4 Å². The number of amides is 1. The first-order chi connectivity index (χ1) is 7.75. The summed E-state index contributed by atoms with van der Waals surface area (Å²) in [5.41, 5.74) is 2.54. The number of hydrogen-bond donors (Lipinski definition) is 0. The molecule has 1 heterocycles. The van der Waals surface area contributed by atoms with Crippen LogP contribution in [0, 0.1) is 6.92 Å². The monoisotopic (exact) mass is 217 g/mol. The Labute approximate surface area is 97.3 Å². The second-order valence-electron chi connectivity index (χ2n) is 4.58. The van der Waals surface area contributed by atoms with Gasteiger partial charge in [-0.3, -0.25) is 4.79 Å². The number of likely N-dealkylation sites (tertiary alicyclic amines) is 1. The van der Waals surface area contributed by atoms with Crippen molar-refractivity contribution in [3.8, 4) is 0 Å². The summed E-state index contributed by atoms with van der Waals surface area (Å²) in [5.74, 6) is 0.319. The van der Waals surface area contributed by atoms with Crippen LogP contribution in [0.5, 0.6) is 0 Å². The van der Waals surface area contributed by atoms with Crippen LogP contribution >= 0.6 is 0 Å². The molecule has 0 N–H and O–H groups in total. The molecule has 2 rings (SSSR count). The molecule has 2 heteroatoms. The lowest BCUT2D eigenvalue weighted by Crippen LogP contribution is -2.27. The van der Waals surface area contributed by atoms with E-state index in [1.807, 2.05) is 4.90 Å². The normalized spacial score (nSPS) is 15.4. The molecule has 0 saturated carbocycles. The Morgan fingerprint density at radius 3 is 2.75 bits per heavy atom. The third-order valence-corrected chi connectivity index (χ3v) is 3.17. The first-order valence-electron chi connectivity index (χ1n) is 6.09. The highest BCUT2D eigenvalue weighted by Crippen LogP contribution is 2.12. The molecule has 1 saturated heterocycles. The molecule has 0 radical (unpaired) electrons. The van der Waals surface area contributed by atoms with E-state index in [4.69, 9.17) is 0 Å². The van der Waals surface area contributed by atoms with E-state index in [0.29, 0.717) is 12.3 Å². The summed E-state index contributed by atoms with van der Waals surface area (Å²) in [6, 6.07) is 8.41. The van der Waals surface area contributed by atoms with Crippen LogP contribution in [0.2, 0.25) is 0 Å². The highest BCUT2D eigenvalue weighted by Gasteiger charge is 2.17. The summed E-state index contributed by atoms with van der Waals surface area (Å²) < 4.78 is 0. The Morgan fingerprint density at radius 2 is 2.06 bits per heavy atom. The highest BCUT2D eigenvalue weighted by molar-refractivity contribution is 5.76. The minimum absolute atomic E-state index is 0.319. The Balaban J connectivity index is 1.84. The smallest absolute Gasteiger partial charge is 0.222 e. The molecule has 0 bridgehead atoms. The molecular formula is C14H19NO. The van der Waals surface area contributed by atoms with Gasteiger partial charge in [0.2, 0.25) is 5.91 Å². The minimum Gasteiger partial charge on any atom is -0.343 e. The second kappa shape index (κ2) is 5.15. The number of aryl methyl sites for hydroxylation is 2. The lowest BCUT2D eigenvalue weighted by atomic mass is 10.1. The lowest BCUT2D eigenvalue weighted by Gasteiger charge is -2.14. The summed E-state index contributed by atoms with van der Waals surface area (Å²) in [6.45, 7) is 4.02. The Morgan fingerprint density at radius 1 is 1.31 bits per heavy atom. The first-order valence-corrected chi connectivity index (χ1v) is 6.09. The molecular weight excluding hydrogens is 198 g/mol. The quantitative estimate of drug-likeness (QED) is 0.762. The molecule has 2 nitrogen and oxygen atoms in total. The van der Waals surface area contributed by atoms with Crippen LogP contribution in [-0.2, 0) is 11.2 Å². The Kier molecular flexibility index (Phi) is 3.60. The molecule has 1 aliphatic rings. The van der Waals surface area contributed by atoms with Gasteiger partial charge in [0.05, 0.1) is 0 Å². The first kappa shape index (κ1) is 11.2. The number of rotatable bonds is 3. The molecule has 16 heavy (non-hydrogen) atoms. The van der Waals surface area contributed by atoms with Crippen LogP contribution in [0.15, 0.2) is 24.3 Å². The molecule has 1 aromatic carbocycles. The van der Waals surface area contributed by atoms with Crippen molar-refractivity contribution in [2.24, 2.45) is 0 Å². The van der Waals surface area contributed by atoms with Gasteiger partial charge >= 0.3 is 0 Å². The summed E-state index contributed by atoms with van der Waals surface area (Å²) >= 11 is 0. The van der Waals surface area contributed by atoms with Crippen molar-refractivity contribution in [3.63, 3.8) is 0 Å². The van der Waals surface area contributed by atoms with E-state index in [-0.39, 0.29) is 0 Å². The van der Waals surface area contributed by atoms with E-state index in [1.54, 1.807) is 0 Å². The minimum atomic E-state index is 0.319. The van der Waals surface area contributed by atoms with Crippen molar-refractivity contribution in [1.29, 1.82) is 0 Å². The Hall–Kier alpha value is -1.31. The number of nitrogens with zero attached hydrogens (tertiary/aromatic N) is 1. The van der Waals surface area contributed by atoms with Gasteiger partial charge < -0.3 is 4.90 Å². The van der Waals surface area contributed by atoms with Crippen molar-refractivity contribution >= 4 is 5.91 Å². The van der Waals surface area contributed by atoms with Crippen LogP contribution < -0.4 is 0 Å². The van der Waals surface area contributed by atoms with Crippen LogP contribution in [0.1, 0.15) is 30.4 Å². The lowest BCUT2D eigenvalue weighted by molar-refractivity contribution is -0.130. The summed E-state index contributed by atoms with van der Waals surface area (Å²) in [4.78, 5) is 13.8. The summed E-state index contributed by atoms with van der Waals surface area (Å²) in [5, 5.41) is 0.